The molecule has 6 heteroatoms. The van der Waals surface area contributed by atoms with Gasteiger partial charge in [-0.15, -0.1) is 0 Å². The molecule has 0 spiro atoms. The van der Waals surface area contributed by atoms with Crippen molar-refractivity contribution < 1.29 is 18.0 Å². The molecule has 0 saturated heterocycles. The quantitative estimate of drug-likeness (QED) is 0.827. The SMILES string of the molecule is Nc1ccc(C(F)(F)F)cc1C(=O)Nc1ccccc1. The van der Waals surface area contributed by atoms with E-state index in [4.69, 9.17) is 5.73 Å². The van der Waals surface area contributed by atoms with Crippen LogP contribution in [0.1, 0.15) is 15.9 Å². The fraction of sp³-hybridized carbons (Fsp3) is 0.0714. The maximum atomic E-state index is 12.6. The van der Waals surface area contributed by atoms with Gasteiger partial charge < -0.3 is 11.1 Å². The van der Waals surface area contributed by atoms with Crippen LogP contribution in [0.25, 0.3) is 0 Å². The fourth-order valence-corrected chi connectivity index (χ4v) is 1.65. The lowest BCUT2D eigenvalue weighted by atomic mass is 10.1. The summed E-state index contributed by atoms with van der Waals surface area (Å²) in [6.45, 7) is 0. The molecular formula is C14H11F3N2O. The monoisotopic (exact) mass is 280 g/mol. The van der Waals surface area contributed by atoms with Crippen LogP contribution in [0.15, 0.2) is 48.5 Å². The van der Waals surface area contributed by atoms with E-state index in [-0.39, 0.29) is 11.3 Å². The van der Waals surface area contributed by atoms with Gasteiger partial charge in [-0.05, 0) is 30.3 Å². The van der Waals surface area contributed by atoms with E-state index in [1.165, 1.54) is 0 Å². The van der Waals surface area contributed by atoms with Crippen molar-refractivity contribution in [1.29, 1.82) is 0 Å². The minimum atomic E-state index is -4.52. The summed E-state index contributed by atoms with van der Waals surface area (Å²) in [4.78, 5) is 12.0. The maximum absolute atomic E-state index is 12.6. The van der Waals surface area contributed by atoms with Crippen molar-refractivity contribution in [2.45, 2.75) is 6.18 Å². The summed E-state index contributed by atoms with van der Waals surface area (Å²) in [7, 11) is 0. The van der Waals surface area contributed by atoms with Gasteiger partial charge >= 0.3 is 6.18 Å². The summed E-state index contributed by atoms with van der Waals surface area (Å²) < 4.78 is 37.9. The van der Waals surface area contributed by atoms with Crippen molar-refractivity contribution >= 4 is 17.3 Å². The molecule has 2 aromatic carbocycles. The Balaban J connectivity index is 2.30. The molecule has 3 N–H and O–H groups in total. The van der Waals surface area contributed by atoms with Crippen LogP contribution in [-0.2, 0) is 6.18 Å². The first-order chi connectivity index (χ1) is 9.38. The lowest BCUT2D eigenvalue weighted by Gasteiger charge is -2.11. The van der Waals surface area contributed by atoms with Gasteiger partial charge in [-0.25, -0.2) is 0 Å². The molecule has 0 fully saturated rings. The van der Waals surface area contributed by atoms with E-state index in [0.29, 0.717) is 5.69 Å². The molecule has 0 saturated carbocycles. The lowest BCUT2D eigenvalue weighted by molar-refractivity contribution is -0.137. The molecular weight excluding hydrogens is 269 g/mol. The number of nitrogens with two attached hydrogens (primary N) is 1. The number of hydrogen-bond acceptors (Lipinski definition) is 2. The van der Waals surface area contributed by atoms with Gasteiger partial charge in [-0.3, -0.25) is 4.79 Å². The normalized spacial score (nSPS) is 11.2. The number of alkyl halides is 3. The molecule has 1 amide bonds. The Labute approximate surface area is 113 Å². The number of amides is 1. The summed E-state index contributed by atoms with van der Waals surface area (Å²) in [6.07, 6.45) is -4.52. The molecule has 2 rings (SSSR count). The Morgan fingerprint density at radius 1 is 1.05 bits per heavy atom. The maximum Gasteiger partial charge on any atom is 0.416 e. The molecule has 0 atom stereocenters. The minimum absolute atomic E-state index is 0.00793. The van der Waals surface area contributed by atoms with Gasteiger partial charge in [0.25, 0.3) is 5.91 Å². The van der Waals surface area contributed by atoms with Crippen LogP contribution >= 0.6 is 0 Å². The van der Waals surface area contributed by atoms with Crippen LogP contribution in [0.4, 0.5) is 24.5 Å². The van der Waals surface area contributed by atoms with Crippen LogP contribution in [0.5, 0.6) is 0 Å². The van der Waals surface area contributed by atoms with Crippen molar-refractivity contribution in [1.82, 2.24) is 0 Å². The number of nitrogen functional groups attached to an aromatic ring is 1. The van der Waals surface area contributed by atoms with Crippen LogP contribution in [0.2, 0.25) is 0 Å². The van der Waals surface area contributed by atoms with Gasteiger partial charge in [-0.2, -0.15) is 13.2 Å². The second-order valence-corrected chi connectivity index (χ2v) is 4.12. The number of para-hydroxylation sites is 1. The second kappa shape index (κ2) is 5.24. The highest BCUT2D eigenvalue weighted by Crippen LogP contribution is 2.31. The average Bonchev–Trinajstić information content (AvgIpc) is 2.39. The average molecular weight is 280 g/mol. The number of rotatable bonds is 2. The van der Waals surface area contributed by atoms with E-state index in [9.17, 15) is 18.0 Å². The summed E-state index contributed by atoms with van der Waals surface area (Å²) >= 11 is 0. The molecule has 20 heavy (non-hydrogen) atoms. The Kier molecular flexibility index (Phi) is 3.65. The first-order valence-corrected chi connectivity index (χ1v) is 5.71. The first kappa shape index (κ1) is 13.9. The number of anilines is 2. The number of halogens is 3. The van der Waals surface area contributed by atoms with Gasteiger partial charge in [0.1, 0.15) is 0 Å². The van der Waals surface area contributed by atoms with Gasteiger partial charge in [0.15, 0.2) is 0 Å². The smallest absolute Gasteiger partial charge is 0.398 e. The van der Waals surface area contributed by atoms with Crippen molar-refractivity contribution in [2.75, 3.05) is 11.1 Å². The molecule has 0 aliphatic heterocycles. The predicted molar refractivity (Wildman–Crippen MR) is 70.3 cm³/mol. The van der Waals surface area contributed by atoms with Crippen LogP contribution in [0.3, 0.4) is 0 Å². The Bertz CT molecular complexity index is 624. The zero-order valence-electron chi connectivity index (χ0n) is 10.2. The van der Waals surface area contributed by atoms with Crippen molar-refractivity contribution in [3.63, 3.8) is 0 Å². The number of benzene rings is 2. The molecule has 0 heterocycles. The number of hydrogen-bond donors (Lipinski definition) is 2. The Morgan fingerprint density at radius 3 is 2.30 bits per heavy atom. The minimum Gasteiger partial charge on any atom is -0.398 e. The van der Waals surface area contributed by atoms with Crippen molar-refractivity contribution in [3.8, 4) is 0 Å². The van der Waals surface area contributed by atoms with E-state index >= 15 is 0 Å². The fourth-order valence-electron chi connectivity index (χ4n) is 1.65. The molecule has 0 aromatic heterocycles. The van der Waals surface area contributed by atoms with Crippen molar-refractivity contribution in [3.05, 3.63) is 59.7 Å². The molecule has 2 aromatic rings. The molecule has 0 aliphatic rings. The topological polar surface area (TPSA) is 55.1 Å². The zero-order chi connectivity index (χ0) is 14.8. The molecule has 0 aliphatic carbocycles. The van der Waals surface area contributed by atoms with Gasteiger partial charge in [0, 0.05) is 11.4 Å². The summed E-state index contributed by atoms with van der Waals surface area (Å²) in [5, 5.41) is 2.49. The zero-order valence-corrected chi connectivity index (χ0v) is 10.2. The van der Waals surface area contributed by atoms with Crippen molar-refractivity contribution in [2.24, 2.45) is 0 Å². The number of carbonyl (C=O) groups excluding carboxylic acids is 1. The van der Waals surface area contributed by atoms with E-state index in [2.05, 4.69) is 5.32 Å². The highest BCUT2D eigenvalue weighted by Gasteiger charge is 2.31. The highest BCUT2D eigenvalue weighted by atomic mass is 19.4. The van der Waals surface area contributed by atoms with Crippen LogP contribution < -0.4 is 11.1 Å². The molecule has 0 radical (unpaired) electrons. The molecule has 3 nitrogen and oxygen atoms in total. The third-order valence-electron chi connectivity index (χ3n) is 2.66. The third-order valence-corrected chi connectivity index (χ3v) is 2.66. The summed E-state index contributed by atoms with van der Waals surface area (Å²) in [5.74, 6) is -0.681. The van der Waals surface area contributed by atoms with Gasteiger partial charge in [0.2, 0.25) is 0 Å². The molecule has 0 unspecified atom stereocenters. The Morgan fingerprint density at radius 2 is 1.70 bits per heavy atom. The standard InChI is InChI=1S/C14H11F3N2O/c15-14(16,17)9-6-7-12(18)11(8-9)13(20)19-10-4-2-1-3-5-10/h1-8H,18H2,(H,19,20). The van der Waals surface area contributed by atoms with Gasteiger partial charge in [0.05, 0.1) is 11.1 Å². The predicted octanol–water partition coefficient (Wildman–Crippen LogP) is 3.54. The van der Waals surface area contributed by atoms with E-state index < -0.39 is 17.6 Å². The summed E-state index contributed by atoms with van der Waals surface area (Å²) in [6, 6.07) is 11.1. The number of nitrogens with one attached hydrogen (secondary N) is 1. The molecule has 104 valence electrons. The van der Waals surface area contributed by atoms with E-state index in [1.807, 2.05) is 0 Å². The molecule has 0 bridgehead atoms. The van der Waals surface area contributed by atoms with Gasteiger partial charge in [-0.1, -0.05) is 18.2 Å². The highest BCUT2D eigenvalue weighted by molar-refractivity contribution is 6.07. The first-order valence-electron chi connectivity index (χ1n) is 5.71. The second-order valence-electron chi connectivity index (χ2n) is 4.12. The van der Waals surface area contributed by atoms with Crippen LogP contribution in [-0.4, -0.2) is 5.91 Å². The Hall–Kier alpha value is -2.50. The van der Waals surface area contributed by atoms with Crippen LogP contribution in [0, 0.1) is 0 Å². The van der Waals surface area contributed by atoms with E-state index in [1.54, 1.807) is 30.3 Å². The summed E-state index contributed by atoms with van der Waals surface area (Å²) in [5.41, 5.74) is 4.91. The third kappa shape index (κ3) is 3.09. The largest absolute Gasteiger partial charge is 0.416 e. The van der Waals surface area contributed by atoms with E-state index in [0.717, 1.165) is 18.2 Å². The lowest BCUT2D eigenvalue weighted by Crippen LogP contribution is -2.16. The number of carbonyl (C=O) groups is 1.